The van der Waals surface area contributed by atoms with Gasteiger partial charge in [0, 0.05) is 24.0 Å². The molecular formula is C19H22Cl2N4O2S. The van der Waals surface area contributed by atoms with E-state index < -0.39 is 0 Å². The summed E-state index contributed by atoms with van der Waals surface area (Å²) in [5, 5.41) is 11.5. The number of piperidine rings is 1. The van der Waals surface area contributed by atoms with Crippen molar-refractivity contribution in [3.8, 4) is 0 Å². The highest BCUT2D eigenvalue weighted by atomic mass is 35.5. The zero-order chi connectivity index (χ0) is 19.9. The Labute approximate surface area is 177 Å². The zero-order valence-corrected chi connectivity index (χ0v) is 17.5. The van der Waals surface area contributed by atoms with Crippen LogP contribution in [0.15, 0.2) is 39.1 Å². The van der Waals surface area contributed by atoms with Crippen molar-refractivity contribution in [1.82, 2.24) is 9.97 Å². The smallest absolute Gasteiger partial charge is 0.291 e. The van der Waals surface area contributed by atoms with E-state index in [2.05, 4.69) is 9.97 Å². The quantitative estimate of drug-likeness (QED) is 0.677. The predicted octanol–water partition coefficient (Wildman–Crippen LogP) is 3.30. The van der Waals surface area contributed by atoms with Gasteiger partial charge in [-0.1, -0.05) is 41.0 Å². The third-order valence-electron chi connectivity index (χ3n) is 5.89. The molecule has 4 rings (SSSR count). The van der Waals surface area contributed by atoms with E-state index in [1.807, 2.05) is 17.0 Å². The molecular weight excluding hydrogens is 419 g/mol. The van der Waals surface area contributed by atoms with Gasteiger partial charge in [0.15, 0.2) is 5.82 Å². The third kappa shape index (κ3) is 3.78. The number of nitrogens with one attached hydrogen (secondary N) is 1. The standard InChI is InChI=1S/C19H22Cl2N4O2S/c20-12-2-1-3-13(16(12)21)28-15-10-23-17(18(27)24-15)25-6-4-19(5-7-25)9-11(26)8-14(19)22/h1-3,10-11,14,26H,4-9,22H2,(H,24,27)/t11-,14-/m1/s1. The number of aromatic amines is 1. The van der Waals surface area contributed by atoms with Crippen molar-refractivity contribution in [2.24, 2.45) is 11.1 Å². The first-order valence-electron chi connectivity index (χ1n) is 9.28. The molecule has 1 aliphatic carbocycles. The van der Waals surface area contributed by atoms with Gasteiger partial charge >= 0.3 is 0 Å². The van der Waals surface area contributed by atoms with Gasteiger partial charge in [-0.2, -0.15) is 0 Å². The molecule has 1 aliphatic heterocycles. The number of H-pyrrole nitrogens is 1. The van der Waals surface area contributed by atoms with Gasteiger partial charge in [0.05, 0.1) is 27.4 Å². The lowest BCUT2D eigenvalue weighted by Gasteiger charge is -2.42. The Bertz CT molecular complexity index is 930. The average molecular weight is 441 g/mol. The van der Waals surface area contributed by atoms with Gasteiger partial charge in [0.2, 0.25) is 0 Å². The summed E-state index contributed by atoms with van der Waals surface area (Å²) in [6.07, 6.45) is 4.48. The van der Waals surface area contributed by atoms with Crippen molar-refractivity contribution in [2.75, 3.05) is 18.0 Å². The molecule has 2 atom stereocenters. The fourth-order valence-electron chi connectivity index (χ4n) is 4.32. The van der Waals surface area contributed by atoms with Crippen LogP contribution in [0.3, 0.4) is 0 Å². The van der Waals surface area contributed by atoms with Crippen molar-refractivity contribution in [3.63, 3.8) is 0 Å². The minimum absolute atomic E-state index is 0.0121. The summed E-state index contributed by atoms with van der Waals surface area (Å²) in [4.78, 5) is 22.7. The molecule has 4 N–H and O–H groups in total. The van der Waals surface area contributed by atoms with E-state index in [-0.39, 0.29) is 23.1 Å². The fourth-order valence-corrected chi connectivity index (χ4v) is 5.63. The highest BCUT2D eigenvalue weighted by molar-refractivity contribution is 7.99. The number of halogens is 2. The zero-order valence-electron chi connectivity index (χ0n) is 15.2. The second-order valence-corrected chi connectivity index (χ2v) is 9.47. The summed E-state index contributed by atoms with van der Waals surface area (Å²) >= 11 is 13.6. The molecule has 0 amide bonds. The van der Waals surface area contributed by atoms with Gasteiger partial charge in [-0.3, -0.25) is 4.79 Å². The van der Waals surface area contributed by atoms with Crippen molar-refractivity contribution in [3.05, 3.63) is 44.8 Å². The van der Waals surface area contributed by atoms with Crippen LogP contribution in [0.4, 0.5) is 5.82 Å². The minimum atomic E-state index is -0.308. The predicted molar refractivity (Wildman–Crippen MR) is 113 cm³/mol. The van der Waals surface area contributed by atoms with Crippen molar-refractivity contribution in [1.29, 1.82) is 0 Å². The number of anilines is 1. The van der Waals surface area contributed by atoms with Crippen molar-refractivity contribution >= 4 is 40.8 Å². The minimum Gasteiger partial charge on any atom is -0.393 e. The lowest BCUT2D eigenvalue weighted by molar-refractivity contribution is 0.141. The highest BCUT2D eigenvalue weighted by Crippen LogP contribution is 2.45. The van der Waals surface area contributed by atoms with Crippen LogP contribution in [0, 0.1) is 5.41 Å². The van der Waals surface area contributed by atoms with E-state index in [1.54, 1.807) is 12.3 Å². The number of hydrogen-bond donors (Lipinski definition) is 3. The van der Waals surface area contributed by atoms with Crippen LogP contribution in [0.5, 0.6) is 0 Å². The van der Waals surface area contributed by atoms with Gasteiger partial charge in [-0.05, 0) is 43.2 Å². The van der Waals surface area contributed by atoms with Crippen LogP contribution in [0.25, 0.3) is 0 Å². The van der Waals surface area contributed by atoms with E-state index in [0.717, 1.165) is 24.2 Å². The molecule has 2 aromatic rings. The van der Waals surface area contributed by atoms with E-state index in [4.69, 9.17) is 28.9 Å². The molecule has 1 spiro atoms. The van der Waals surface area contributed by atoms with E-state index >= 15 is 0 Å². The maximum atomic E-state index is 12.6. The molecule has 0 bridgehead atoms. The molecule has 2 aliphatic rings. The van der Waals surface area contributed by atoms with Crippen LogP contribution in [-0.2, 0) is 0 Å². The molecule has 28 heavy (non-hydrogen) atoms. The summed E-state index contributed by atoms with van der Waals surface area (Å²) in [5.74, 6) is 0.420. The Hall–Kier alpha value is -1.25. The first-order valence-corrected chi connectivity index (χ1v) is 10.8. The topological polar surface area (TPSA) is 95.2 Å². The SMILES string of the molecule is N[C@@H]1C[C@@H](O)CC12CCN(c1ncc(Sc3cccc(Cl)c3Cl)[nH]c1=O)CC2. The Balaban J connectivity index is 1.47. The number of benzene rings is 1. The van der Waals surface area contributed by atoms with Gasteiger partial charge in [-0.15, -0.1) is 0 Å². The average Bonchev–Trinajstić information content (AvgIpc) is 2.93. The number of nitrogens with zero attached hydrogens (tertiary/aromatic N) is 2. The summed E-state index contributed by atoms with van der Waals surface area (Å²) in [6.45, 7) is 1.42. The maximum absolute atomic E-state index is 12.6. The van der Waals surface area contributed by atoms with Crippen LogP contribution >= 0.6 is 35.0 Å². The molecule has 1 saturated carbocycles. The molecule has 2 fully saturated rings. The van der Waals surface area contributed by atoms with Gasteiger partial charge in [0.25, 0.3) is 5.56 Å². The van der Waals surface area contributed by atoms with Crippen LogP contribution in [0.2, 0.25) is 10.0 Å². The Kier molecular flexibility index (Phi) is 5.64. The molecule has 150 valence electrons. The van der Waals surface area contributed by atoms with Crippen molar-refractivity contribution in [2.45, 2.75) is 47.8 Å². The number of hydrogen-bond acceptors (Lipinski definition) is 6. The number of rotatable bonds is 3. The maximum Gasteiger partial charge on any atom is 0.291 e. The molecule has 0 unspecified atom stereocenters. The Morgan fingerprint density at radius 1 is 1.32 bits per heavy atom. The number of aliphatic hydroxyl groups excluding tert-OH is 1. The summed E-state index contributed by atoms with van der Waals surface area (Å²) in [5.41, 5.74) is 6.04. The summed E-state index contributed by atoms with van der Waals surface area (Å²) in [7, 11) is 0. The number of nitrogens with two attached hydrogens (primary N) is 1. The van der Waals surface area contributed by atoms with E-state index in [9.17, 15) is 9.90 Å². The van der Waals surface area contributed by atoms with Crippen LogP contribution in [0.1, 0.15) is 25.7 Å². The van der Waals surface area contributed by atoms with E-state index in [0.29, 0.717) is 40.4 Å². The van der Waals surface area contributed by atoms with Crippen LogP contribution in [-0.4, -0.2) is 40.3 Å². The van der Waals surface area contributed by atoms with Gasteiger partial charge < -0.3 is 20.7 Å². The molecule has 9 heteroatoms. The number of aromatic nitrogens is 2. The molecule has 1 saturated heterocycles. The van der Waals surface area contributed by atoms with Crippen LogP contribution < -0.4 is 16.2 Å². The molecule has 1 aromatic carbocycles. The van der Waals surface area contributed by atoms with Gasteiger partial charge in [-0.25, -0.2) is 4.98 Å². The second kappa shape index (κ2) is 7.88. The molecule has 0 radical (unpaired) electrons. The fraction of sp³-hybridized carbons (Fsp3) is 0.474. The summed E-state index contributed by atoms with van der Waals surface area (Å²) in [6, 6.07) is 5.40. The third-order valence-corrected chi connectivity index (χ3v) is 7.81. The molecule has 6 nitrogen and oxygen atoms in total. The lowest BCUT2D eigenvalue weighted by Crippen LogP contribution is -2.48. The number of aliphatic hydroxyl groups is 1. The second-order valence-electron chi connectivity index (χ2n) is 7.60. The highest BCUT2D eigenvalue weighted by Gasteiger charge is 2.46. The Morgan fingerprint density at radius 2 is 2.07 bits per heavy atom. The largest absolute Gasteiger partial charge is 0.393 e. The monoisotopic (exact) mass is 440 g/mol. The molecule has 1 aromatic heterocycles. The lowest BCUT2D eigenvalue weighted by atomic mass is 9.74. The van der Waals surface area contributed by atoms with Gasteiger partial charge in [0.1, 0.15) is 0 Å². The normalized spacial score (nSPS) is 24.1. The Morgan fingerprint density at radius 3 is 2.71 bits per heavy atom. The first-order chi connectivity index (χ1) is 13.4. The summed E-state index contributed by atoms with van der Waals surface area (Å²) < 4.78 is 0. The van der Waals surface area contributed by atoms with Crippen molar-refractivity contribution < 1.29 is 5.11 Å². The molecule has 2 heterocycles. The first kappa shape index (κ1) is 20.0. The van der Waals surface area contributed by atoms with E-state index in [1.165, 1.54) is 11.8 Å².